The Bertz CT molecular complexity index is 392. The minimum atomic E-state index is 0.107. The molecule has 0 saturated heterocycles. The van der Waals surface area contributed by atoms with Gasteiger partial charge in [0.15, 0.2) is 0 Å². The highest BCUT2D eigenvalue weighted by molar-refractivity contribution is 14.1. The molecule has 3 heteroatoms. The van der Waals surface area contributed by atoms with Crippen molar-refractivity contribution in [3.05, 3.63) is 35.4 Å². The Hall–Kier alpha value is -0.580. The van der Waals surface area contributed by atoms with Gasteiger partial charge in [0, 0.05) is 6.54 Å². The van der Waals surface area contributed by atoms with E-state index in [2.05, 4.69) is 40.0 Å². The molecule has 1 amide bonds. The third-order valence-corrected chi connectivity index (χ3v) is 4.04. The second kappa shape index (κ2) is 6.38. The Morgan fingerprint density at radius 3 is 2.88 bits per heavy atom. The van der Waals surface area contributed by atoms with Gasteiger partial charge in [0.25, 0.3) is 0 Å². The average Bonchev–Trinajstić information content (AvgIpc) is 2.30. The van der Waals surface area contributed by atoms with E-state index in [9.17, 15) is 4.79 Å². The van der Waals surface area contributed by atoms with Gasteiger partial charge in [-0.05, 0) is 34.8 Å². The van der Waals surface area contributed by atoms with Crippen LogP contribution < -0.4 is 5.32 Å². The van der Waals surface area contributed by atoms with Gasteiger partial charge in [-0.25, -0.2) is 0 Å². The van der Waals surface area contributed by atoms with Gasteiger partial charge in [-0.3, -0.25) is 4.79 Å². The van der Waals surface area contributed by atoms with Gasteiger partial charge >= 0.3 is 0 Å². The Morgan fingerprint density at radius 2 is 2.12 bits per heavy atom. The first-order chi connectivity index (χ1) is 8.33. The molecule has 2 rings (SSSR count). The number of alkyl halides is 1. The van der Waals surface area contributed by atoms with E-state index >= 15 is 0 Å². The zero-order chi connectivity index (χ0) is 12.1. The number of amides is 1. The molecule has 1 unspecified atom stereocenters. The van der Waals surface area contributed by atoms with E-state index in [1.54, 1.807) is 0 Å². The third kappa shape index (κ3) is 3.21. The van der Waals surface area contributed by atoms with Gasteiger partial charge in [-0.1, -0.05) is 53.3 Å². The first kappa shape index (κ1) is 12.9. The molecule has 1 aromatic carbocycles. The number of carbonyl (C=O) groups is 1. The van der Waals surface area contributed by atoms with Crippen LogP contribution in [0.25, 0.3) is 0 Å². The summed E-state index contributed by atoms with van der Waals surface area (Å²) in [5, 5.41) is 3.04. The summed E-state index contributed by atoms with van der Waals surface area (Å²) in [7, 11) is 0. The maximum absolute atomic E-state index is 11.9. The minimum absolute atomic E-state index is 0.107. The van der Waals surface area contributed by atoms with Crippen LogP contribution in [-0.4, -0.2) is 16.9 Å². The van der Waals surface area contributed by atoms with Gasteiger partial charge in [-0.2, -0.15) is 0 Å². The van der Waals surface area contributed by atoms with Crippen molar-refractivity contribution < 1.29 is 4.79 Å². The van der Waals surface area contributed by atoms with Crippen molar-refractivity contribution in [2.75, 3.05) is 11.0 Å². The predicted molar refractivity (Wildman–Crippen MR) is 78.6 cm³/mol. The summed E-state index contributed by atoms with van der Waals surface area (Å²) < 4.78 is 1.21. The van der Waals surface area contributed by atoms with Crippen molar-refractivity contribution in [1.29, 1.82) is 0 Å². The molecule has 1 aliphatic carbocycles. The van der Waals surface area contributed by atoms with Crippen molar-refractivity contribution in [1.82, 2.24) is 5.32 Å². The fourth-order valence-corrected chi connectivity index (χ4v) is 2.76. The maximum atomic E-state index is 11.9. The molecular formula is C14H18INO. The van der Waals surface area contributed by atoms with Crippen LogP contribution in [0.15, 0.2) is 24.3 Å². The number of rotatable bonds is 6. The van der Waals surface area contributed by atoms with Crippen molar-refractivity contribution in [3.8, 4) is 0 Å². The largest absolute Gasteiger partial charge is 0.356 e. The molecule has 0 aliphatic heterocycles. The first-order valence-electron chi connectivity index (χ1n) is 6.24. The predicted octanol–water partition coefficient (Wildman–Crippen LogP) is 3.05. The molecule has 17 heavy (non-hydrogen) atoms. The number of benzene rings is 1. The van der Waals surface area contributed by atoms with Crippen LogP contribution in [-0.2, 0) is 11.2 Å². The molecule has 0 heterocycles. The molecule has 0 spiro atoms. The molecular weight excluding hydrogens is 325 g/mol. The zero-order valence-electron chi connectivity index (χ0n) is 9.92. The van der Waals surface area contributed by atoms with Gasteiger partial charge in [0.2, 0.25) is 5.91 Å². The molecule has 1 atom stereocenters. The van der Waals surface area contributed by atoms with Crippen molar-refractivity contribution in [2.24, 2.45) is 0 Å². The summed E-state index contributed by atoms with van der Waals surface area (Å²) >= 11 is 2.39. The van der Waals surface area contributed by atoms with E-state index in [1.165, 1.54) is 28.4 Å². The Balaban J connectivity index is 1.72. The van der Waals surface area contributed by atoms with E-state index in [1.807, 2.05) is 12.1 Å². The van der Waals surface area contributed by atoms with Crippen LogP contribution in [0, 0.1) is 0 Å². The van der Waals surface area contributed by atoms with E-state index in [0.717, 1.165) is 19.4 Å². The van der Waals surface area contributed by atoms with E-state index in [-0.39, 0.29) is 11.8 Å². The van der Waals surface area contributed by atoms with Crippen molar-refractivity contribution in [3.63, 3.8) is 0 Å². The molecule has 0 fully saturated rings. The SMILES string of the molecule is O=C(NCCCCCI)C1Cc2ccccc21. The summed E-state index contributed by atoms with van der Waals surface area (Å²) in [4.78, 5) is 11.9. The number of hydrogen-bond donors (Lipinski definition) is 1. The summed E-state index contributed by atoms with van der Waals surface area (Å²) in [5.41, 5.74) is 2.55. The number of fused-ring (bicyclic) bond motifs is 1. The molecule has 1 aromatic rings. The second-order valence-electron chi connectivity index (χ2n) is 4.50. The highest BCUT2D eigenvalue weighted by Gasteiger charge is 2.31. The molecule has 2 nitrogen and oxygen atoms in total. The zero-order valence-corrected chi connectivity index (χ0v) is 12.1. The fraction of sp³-hybridized carbons (Fsp3) is 0.500. The number of unbranched alkanes of at least 4 members (excludes halogenated alkanes) is 2. The van der Waals surface area contributed by atoms with E-state index in [0.29, 0.717) is 0 Å². The lowest BCUT2D eigenvalue weighted by Gasteiger charge is -2.28. The quantitative estimate of drug-likeness (QED) is 0.480. The van der Waals surface area contributed by atoms with Gasteiger partial charge in [0.05, 0.1) is 5.92 Å². The smallest absolute Gasteiger partial charge is 0.227 e. The Labute approximate surface area is 116 Å². The average molecular weight is 343 g/mol. The lowest BCUT2D eigenvalue weighted by molar-refractivity contribution is -0.123. The number of halogens is 1. The minimum Gasteiger partial charge on any atom is -0.356 e. The summed E-state index contributed by atoms with van der Waals surface area (Å²) in [6.07, 6.45) is 4.48. The molecule has 1 aliphatic rings. The van der Waals surface area contributed by atoms with Crippen molar-refractivity contribution >= 4 is 28.5 Å². The normalized spacial score (nSPS) is 17.1. The summed E-state index contributed by atoms with van der Waals surface area (Å²) in [5.74, 6) is 0.314. The molecule has 0 aromatic heterocycles. The first-order valence-corrected chi connectivity index (χ1v) is 7.77. The fourth-order valence-electron chi connectivity index (χ4n) is 2.22. The van der Waals surface area contributed by atoms with Crippen molar-refractivity contribution in [2.45, 2.75) is 31.6 Å². The van der Waals surface area contributed by atoms with Crippen LogP contribution in [0.2, 0.25) is 0 Å². The maximum Gasteiger partial charge on any atom is 0.227 e. The Kier molecular flexibility index (Phi) is 4.83. The van der Waals surface area contributed by atoms with Gasteiger partial charge in [0.1, 0.15) is 0 Å². The third-order valence-electron chi connectivity index (χ3n) is 3.28. The molecule has 0 saturated carbocycles. The number of carbonyl (C=O) groups excluding carboxylic acids is 1. The molecule has 1 N–H and O–H groups in total. The lowest BCUT2D eigenvalue weighted by atomic mass is 9.77. The second-order valence-corrected chi connectivity index (χ2v) is 5.57. The van der Waals surface area contributed by atoms with Crippen LogP contribution in [0.1, 0.15) is 36.3 Å². The van der Waals surface area contributed by atoms with E-state index in [4.69, 9.17) is 0 Å². The summed E-state index contributed by atoms with van der Waals surface area (Å²) in [6, 6.07) is 8.23. The monoisotopic (exact) mass is 343 g/mol. The Morgan fingerprint density at radius 1 is 1.29 bits per heavy atom. The van der Waals surface area contributed by atoms with Gasteiger partial charge < -0.3 is 5.32 Å². The van der Waals surface area contributed by atoms with Crippen LogP contribution in [0.5, 0.6) is 0 Å². The van der Waals surface area contributed by atoms with E-state index < -0.39 is 0 Å². The highest BCUT2D eigenvalue weighted by atomic mass is 127. The number of hydrogen-bond acceptors (Lipinski definition) is 1. The lowest BCUT2D eigenvalue weighted by Crippen LogP contribution is -2.35. The van der Waals surface area contributed by atoms with Crippen LogP contribution >= 0.6 is 22.6 Å². The topological polar surface area (TPSA) is 29.1 Å². The molecule has 0 radical (unpaired) electrons. The standard InChI is InChI=1S/C14H18INO/c15-8-4-1-5-9-16-14(17)13-10-11-6-2-3-7-12(11)13/h2-3,6-7,13H,1,4-5,8-10H2,(H,16,17). The highest BCUT2D eigenvalue weighted by Crippen LogP contribution is 2.34. The number of nitrogens with one attached hydrogen (secondary N) is 1. The molecule has 0 bridgehead atoms. The summed E-state index contributed by atoms with van der Waals surface area (Å²) in [6.45, 7) is 0.828. The van der Waals surface area contributed by atoms with Crippen LogP contribution in [0.4, 0.5) is 0 Å². The van der Waals surface area contributed by atoms with Gasteiger partial charge in [-0.15, -0.1) is 0 Å². The van der Waals surface area contributed by atoms with Crippen LogP contribution in [0.3, 0.4) is 0 Å². The molecule has 92 valence electrons.